The number of aryl methyl sites for hydroxylation is 1. The molecular weight excluding hydrogens is 657 g/mol. The van der Waals surface area contributed by atoms with Gasteiger partial charge in [0.05, 0.1) is 5.70 Å². The topological polar surface area (TPSA) is 138 Å². The van der Waals surface area contributed by atoms with E-state index < -0.39 is 56.1 Å². The van der Waals surface area contributed by atoms with E-state index in [1.54, 1.807) is 27.8 Å². The van der Waals surface area contributed by atoms with Gasteiger partial charge in [0, 0.05) is 19.6 Å². The Hall–Kier alpha value is -3.59. The number of fused-ring (bicyclic) bond motifs is 1. The van der Waals surface area contributed by atoms with Gasteiger partial charge in [-0.1, -0.05) is 114 Å². The zero-order chi connectivity index (χ0) is 34.7. The Kier molecular flexibility index (Phi) is 8.97. The number of benzene rings is 2. The van der Waals surface area contributed by atoms with Crippen molar-refractivity contribution in [1.82, 2.24) is 19.7 Å². The van der Waals surface area contributed by atoms with Crippen LogP contribution in [0.3, 0.4) is 0 Å². The number of allylic oxidation sites excluding steroid dienone is 1. The lowest BCUT2D eigenvalue weighted by molar-refractivity contribution is -0.161. The number of nitrogens with zero attached hydrogens (tertiary/aromatic N) is 4. The predicted octanol–water partition coefficient (Wildman–Crippen LogP) is 3.03. The van der Waals surface area contributed by atoms with E-state index in [-0.39, 0.29) is 28.1 Å². The molecule has 1 amide bonds. The smallest absolute Gasteiger partial charge is 0.335 e. The van der Waals surface area contributed by atoms with Crippen molar-refractivity contribution in [2.24, 2.45) is 12.5 Å². The SMILES string of the molecule is CO[C@H]1C(=O)N2C(C(=O)C(C)(C)C)=C(C)C(Sc3nc(=O)c(O[Si](c4ccccc4)(c4ccccc4)C(C)(C)C)nn3C)S(=O)(=O)[C@@H]12. The Bertz CT molecular complexity index is 1880. The van der Waals surface area contributed by atoms with Gasteiger partial charge in [-0.05, 0) is 27.9 Å². The number of amides is 1. The molecule has 2 aromatic carbocycles. The maximum absolute atomic E-state index is 14.0. The van der Waals surface area contributed by atoms with Gasteiger partial charge in [0.15, 0.2) is 32.3 Å². The summed E-state index contributed by atoms with van der Waals surface area (Å²) in [4.78, 5) is 45.6. The van der Waals surface area contributed by atoms with E-state index in [9.17, 15) is 22.8 Å². The molecule has 3 heterocycles. The van der Waals surface area contributed by atoms with E-state index in [0.717, 1.165) is 27.0 Å². The summed E-state index contributed by atoms with van der Waals surface area (Å²) < 4.78 is 40.0. The molecular formula is C33H40N4O7S2Si. The second-order valence-electron chi connectivity index (χ2n) is 13.8. The number of aromatic nitrogens is 3. The lowest BCUT2D eigenvalue weighted by Crippen LogP contribution is -2.71. The second-order valence-corrected chi connectivity index (χ2v) is 21.5. The molecule has 3 atom stereocenters. The average Bonchev–Trinajstić information content (AvgIpc) is 3.00. The van der Waals surface area contributed by atoms with Crippen molar-refractivity contribution in [2.75, 3.05) is 7.11 Å². The highest BCUT2D eigenvalue weighted by molar-refractivity contribution is 8.14. The fraction of sp³-hybridized carbons (Fsp3) is 0.424. The highest BCUT2D eigenvalue weighted by Crippen LogP contribution is 2.47. The van der Waals surface area contributed by atoms with Crippen molar-refractivity contribution < 1.29 is 27.2 Å². The Morgan fingerprint density at radius 1 is 0.936 bits per heavy atom. The van der Waals surface area contributed by atoms with Crippen molar-refractivity contribution in [1.29, 1.82) is 0 Å². The van der Waals surface area contributed by atoms with Crippen molar-refractivity contribution >= 4 is 52.0 Å². The summed E-state index contributed by atoms with van der Waals surface area (Å²) in [6.45, 7) is 12.8. The molecule has 2 aliphatic heterocycles. The molecule has 0 radical (unpaired) electrons. The van der Waals surface area contributed by atoms with Gasteiger partial charge in [0.25, 0.3) is 11.8 Å². The van der Waals surface area contributed by atoms with Crippen LogP contribution in [0.5, 0.6) is 5.88 Å². The molecule has 1 unspecified atom stereocenters. The number of sulfone groups is 1. The number of rotatable bonds is 8. The third-order valence-corrected chi connectivity index (χ3v) is 17.7. The number of thioether (sulfide) groups is 1. The summed E-state index contributed by atoms with van der Waals surface area (Å²) in [5.41, 5.74) is -1.45. The zero-order valence-electron chi connectivity index (χ0n) is 28.0. The Morgan fingerprint density at radius 3 is 1.94 bits per heavy atom. The first kappa shape index (κ1) is 34.7. The molecule has 5 rings (SSSR count). The first-order chi connectivity index (χ1) is 21.9. The molecule has 0 aliphatic carbocycles. The highest BCUT2D eigenvalue weighted by Gasteiger charge is 2.63. The van der Waals surface area contributed by atoms with Gasteiger partial charge in [-0.15, -0.1) is 5.10 Å². The summed E-state index contributed by atoms with van der Waals surface area (Å²) in [6.07, 6.45) is -1.25. The van der Waals surface area contributed by atoms with Crippen molar-refractivity contribution in [3.63, 3.8) is 0 Å². The normalized spacial score (nSPS) is 21.3. The fourth-order valence-corrected chi connectivity index (χ4v) is 14.4. The molecule has 0 N–H and O–H groups in total. The number of ketones is 1. The van der Waals surface area contributed by atoms with Crippen LogP contribution in [0.2, 0.25) is 5.04 Å². The minimum Gasteiger partial charge on any atom is -0.516 e. The first-order valence-corrected chi connectivity index (χ1v) is 19.5. The van der Waals surface area contributed by atoms with Crippen LogP contribution in [0.15, 0.2) is 81.9 Å². The molecule has 14 heteroatoms. The van der Waals surface area contributed by atoms with E-state index >= 15 is 0 Å². The third-order valence-electron chi connectivity index (χ3n) is 8.52. The van der Waals surface area contributed by atoms with Crippen LogP contribution < -0.4 is 20.4 Å². The monoisotopic (exact) mass is 696 g/mol. The summed E-state index contributed by atoms with van der Waals surface area (Å²) in [5.74, 6) is -1.17. The largest absolute Gasteiger partial charge is 0.516 e. The number of Topliss-reactive ketones (excluding diaryl/α,β-unsaturated/α-hetero) is 1. The molecule has 47 heavy (non-hydrogen) atoms. The number of ether oxygens (including phenoxy) is 1. The molecule has 0 saturated carbocycles. The molecule has 0 bridgehead atoms. The van der Waals surface area contributed by atoms with Crippen LogP contribution in [-0.4, -0.2) is 71.3 Å². The predicted molar refractivity (Wildman–Crippen MR) is 183 cm³/mol. The van der Waals surface area contributed by atoms with E-state index in [0.29, 0.717) is 0 Å². The zero-order valence-corrected chi connectivity index (χ0v) is 30.6. The maximum Gasteiger partial charge on any atom is 0.335 e. The van der Waals surface area contributed by atoms with Gasteiger partial charge >= 0.3 is 13.9 Å². The van der Waals surface area contributed by atoms with Crippen LogP contribution in [0.25, 0.3) is 0 Å². The third kappa shape index (κ3) is 5.68. The van der Waals surface area contributed by atoms with Crippen LogP contribution in [-0.2, 0) is 31.2 Å². The summed E-state index contributed by atoms with van der Waals surface area (Å²) >= 11 is 0.784. The molecule has 1 fully saturated rings. The average molecular weight is 697 g/mol. The summed E-state index contributed by atoms with van der Waals surface area (Å²) in [7, 11) is -4.56. The van der Waals surface area contributed by atoms with Crippen molar-refractivity contribution in [3.05, 3.63) is 82.3 Å². The molecule has 2 aliphatic rings. The molecule has 0 spiro atoms. The number of hydrogen-bond donors (Lipinski definition) is 0. The van der Waals surface area contributed by atoms with Gasteiger partial charge in [0.1, 0.15) is 4.58 Å². The minimum absolute atomic E-state index is 0.00773. The van der Waals surface area contributed by atoms with Gasteiger partial charge < -0.3 is 9.16 Å². The summed E-state index contributed by atoms with van der Waals surface area (Å²) in [6, 6.07) is 19.6. The number of carbonyl (C=O) groups is 2. The van der Waals surface area contributed by atoms with Crippen LogP contribution >= 0.6 is 11.8 Å². The van der Waals surface area contributed by atoms with E-state index in [1.165, 1.54) is 18.7 Å². The highest BCUT2D eigenvalue weighted by atomic mass is 32.3. The lowest BCUT2D eigenvalue weighted by Gasteiger charge is -2.51. The van der Waals surface area contributed by atoms with Gasteiger partial charge in [-0.2, -0.15) is 4.98 Å². The molecule has 250 valence electrons. The number of β-lactam (4-membered cyclic amide) rings is 1. The van der Waals surface area contributed by atoms with E-state index in [2.05, 4.69) is 30.9 Å². The van der Waals surface area contributed by atoms with E-state index in [1.807, 2.05) is 60.7 Å². The Morgan fingerprint density at radius 2 is 1.47 bits per heavy atom. The summed E-state index contributed by atoms with van der Waals surface area (Å²) in [5, 5.41) is 4.57. The second kappa shape index (κ2) is 12.1. The lowest BCUT2D eigenvalue weighted by atomic mass is 9.86. The van der Waals surface area contributed by atoms with Crippen molar-refractivity contribution in [2.45, 2.75) is 74.7 Å². The van der Waals surface area contributed by atoms with Crippen molar-refractivity contribution in [3.8, 4) is 5.88 Å². The quantitative estimate of drug-likeness (QED) is 0.255. The maximum atomic E-state index is 14.0. The minimum atomic E-state index is -4.15. The van der Waals surface area contributed by atoms with Gasteiger partial charge in [0.2, 0.25) is 0 Å². The van der Waals surface area contributed by atoms with Gasteiger partial charge in [-0.25, -0.2) is 13.1 Å². The Labute approximate surface area is 280 Å². The van der Waals surface area contributed by atoms with Crippen LogP contribution in [0.4, 0.5) is 0 Å². The molecule has 1 aromatic heterocycles. The van der Waals surface area contributed by atoms with Crippen LogP contribution in [0, 0.1) is 5.41 Å². The molecule has 1 saturated heterocycles. The molecule has 11 nitrogen and oxygen atoms in total. The first-order valence-electron chi connectivity index (χ1n) is 15.1. The standard InChI is InChI=1S/C33H40N4O7S2Si/c1-20-23(25(38)32(2,3)4)37-28(40)24(43-9)29(37)46(41,42)30(20)45-31-34-26(39)27(35-36(31)8)44-47(33(5,6)7,21-16-12-10-13-17-21)22-18-14-11-15-19-22/h10-19,24,29-30H,1-9H3/t24-,29-,30?/m0/s1. The number of methoxy groups -OCH3 is 1. The fourth-order valence-electron chi connectivity index (χ4n) is 6.17. The number of hydrogen-bond acceptors (Lipinski definition) is 10. The van der Waals surface area contributed by atoms with Gasteiger partial charge in [-0.3, -0.25) is 19.3 Å². The molecule has 3 aromatic rings. The number of carbonyl (C=O) groups excluding carboxylic acids is 2. The Balaban J connectivity index is 1.61. The van der Waals surface area contributed by atoms with Crippen LogP contribution in [0.1, 0.15) is 48.5 Å². The van der Waals surface area contributed by atoms with E-state index in [4.69, 9.17) is 9.16 Å².